The molecule has 0 saturated heterocycles. The van der Waals surface area contributed by atoms with Crippen LogP contribution in [0.15, 0.2) is 60.7 Å². The maximum absolute atomic E-state index is 13.0. The lowest BCUT2D eigenvalue weighted by Crippen LogP contribution is -2.15. The zero-order valence-electron chi connectivity index (χ0n) is 18.5. The molecular weight excluding hydrogens is 384 g/mol. The van der Waals surface area contributed by atoms with Crippen molar-refractivity contribution in [1.29, 1.82) is 0 Å². The number of hydrogen-bond donors (Lipinski definition) is 1. The summed E-state index contributed by atoms with van der Waals surface area (Å²) in [4.78, 5) is 17.7. The molecule has 1 aromatic heterocycles. The van der Waals surface area contributed by atoms with Crippen molar-refractivity contribution in [2.45, 2.75) is 34.6 Å². The van der Waals surface area contributed by atoms with Gasteiger partial charge >= 0.3 is 0 Å². The second kappa shape index (κ2) is 8.19. The Labute approximate surface area is 182 Å². The number of carbonyl (C=O) groups is 1. The summed E-state index contributed by atoms with van der Waals surface area (Å²) in [7, 11) is 0. The minimum Gasteiger partial charge on any atom is -0.319 e. The highest BCUT2D eigenvalue weighted by atomic mass is 16.2. The Morgan fingerprint density at radius 3 is 2.16 bits per heavy atom. The van der Waals surface area contributed by atoms with Crippen molar-refractivity contribution < 1.29 is 4.79 Å². The van der Waals surface area contributed by atoms with Gasteiger partial charge in [0.15, 0.2) is 5.82 Å². The number of aromatic nitrogens is 3. The zero-order chi connectivity index (χ0) is 22.1. The van der Waals surface area contributed by atoms with Crippen LogP contribution in [-0.2, 0) is 0 Å². The fourth-order valence-electron chi connectivity index (χ4n) is 3.38. The molecule has 156 valence electrons. The zero-order valence-corrected chi connectivity index (χ0v) is 18.5. The Morgan fingerprint density at radius 2 is 1.45 bits per heavy atom. The van der Waals surface area contributed by atoms with Crippen molar-refractivity contribution in [2.75, 3.05) is 5.32 Å². The number of rotatable bonds is 4. The first kappa shape index (κ1) is 20.5. The van der Waals surface area contributed by atoms with Crippen LogP contribution in [0.4, 0.5) is 5.69 Å². The third kappa shape index (κ3) is 4.26. The molecule has 0 atom stereocenters. The van der Waals surface area contributed by atoms with Gasteiger partial charge in [-0.1, -0.05) is 48.0 Å². The van der Waals surface area contributed by atoms with Crippen molar-refractivity contribution in [3.8, 4) is 17.1 Å². The smallest absolute Gasteiger partial charge is 0.295 e. The molecule has 3 aromatic carbocycles. The lowest BCUT2D eigenvalue weighted by molar-refractivity contribution is 0.101. The van der Waals surface area contributed by atoms with Crippen molar-refractivity contribution in [2.24, 2.45) is 0 Å². The van der Waals surface area contributed by atoms with E-state index in [1.165, 1.54) is 5.56 Å². The van der Waals surface area contributed by atoms with Crippen LogP contribution in [-0.4, -0.2) is 20.7 Å². The number of amides is 1. The predicted octanol–water partition coefficient (Wildman–Crippen LogP) is 5.73. The summed E-state index contributed by atoms with van der Waals surface area (Å²) in [5, 5.41) is 7.55. The molecule has 5 nitrogen and oxygen atoms in total. The Balaban J connectivity index is 1.78. The molecular formula is C26H26N4O. The highest BCUT2D eigenvalue weighted by Gasteiger charge is 2.20. The number of nitrogens with one attached hydrogen (secondary N) is 1. The highest BCUT2D eigenvalue weighted by molar-refractivity contribution is 6.02. The van der Waals surface area contributed by atoms with Gasteiger partial charge in [0.2, 0.25) is 5.82 Å². The molecule has 0 unspecified atom stereocenters. The average Bonchev–Trinajstić information content (AvgIpc) is 3.19. The summed E-state index contributed by atoms with van der Waals surface area (Å²) in [5.74, 6) is 0.439. The largest absolute Gasteiger partial charge is 0.319 e. The number of carbonyl (C=O) groups excluding carboxylic acids is 1. The van der Waals surface area contributed by atoms with Gasteiger partial charge in [0.1, 0.15) is 0 Å². The lowest BCUT2D eigenvalue weighted by atomic mass is 10.1. The number of anilines is 1. The fourth-order valence-corrected chi connectivity index (χ4v) is 3.38. The van der Waals surface area contributed by atoms with Gasteiger partial charge in [0, 0.05) is 11.3 Å². The van der Waals surface area contributed by atoms with Crippen molar-refractivity contribution in [3.63, 3.8) is 0 Å². The van der Waals surface area contributed by atoms with Gasteiger partial charge in [-0.05, 0) is 75.1 Å². The van der Waals surface area contributed by atoms with E-state index in [1.807, 2.05) is 69.3 Å². The SMILES string of the molecule is Cc1ccc(-c2nc(C(=O)Nc3cc(C)ccc3C)nn2-c2ccc(C)c(C)c2)cc1. The number of hydrogen-bond acceptors (Lipinski definition) is 3. The van der Waals surface area contributed by atoms with Gasteiger partial charge in [-0.25, -0.2) is 9.67 Å². The van der Waals surface area contributed by atoms with Crippen molar-refractivity contribution >= 4 is 11.6 Å². The lowest BCUT2D eigenvalue weighted by Gasteiger charge is -2.08. The molecule has 4 aromatic rings. The molecule has 0 radical (unpaired) electrons. The summed E-state index contributed by atoms with van der Waals surface area (Å²) < 4.78 is 1.75. The molecule has 31 heavy (non-hydrogen) atoms. The van der Waals surface area contributed by atoms with Gasteiger partial charge in [-0.3, -0.25) is 4.79 Å². The van der Waals surface area contributed by atoms with E-state index in [2.05, 4.69) is 41.4 Å². The number of aryl methyl sites for hydroxylation is 5. The maximum atomic E-state index is 13.0. The molecule has 0 aliphatic heterocycles. The van der Waals surface area contributed by atoms with Crippen LogP contribution >= 0.6 is 0 Å². The first-order chi connectivity index (χ1) is 14.8. The van der Waals surface area contributed by atoms with Crippen LogP contribution < -0.4 is 5.32 Å². The van der Waals surface area contributed by atoms with Crippen LogP contribution in [0.2, 0.25) is 0 Å². The molecule has 0 aliphatic carbocycles. The van der Waals surface area contributed by atoms with E-state index in [0.29, 0.717) is 5.82 Å². The van der Waals surface area contributed by atoms with Crippen molar-refractivity contribution in [1.82, 2.24) is 14.8 Å². The van der Waals surface area contributed by atoms with Crippen molar-refractivity contribution in [3.05, 3.63) is 94.3 Å². The fraction of sp³-hybridized carbons (Fsp3) is 0.192. The standard InChI is InChI=1S/C26H26N4O/c1-16-7-11-21(12-8-16)25-28-24(26(31)27-23-14-17(2)6-9-19(23)4)29-30(25)22-13-10-18(3)20(5)15-22/h6-15H,1-5H3,(H,27,31). The molecule has 0 saturated carbocycles. The minimum absolute atomic E-state index is 0.134. The second-order valence-corrected chi connectivity index (χ2v) is 8.08. The van der Waals surface area contributed by atoms with Crippen LogP contribution in [0.1, 0.15) is 38.4 Å². The summed E-state index contributed by atoms with van der Waals surface area (Å²) in [6.45, 7) is 10.1. The molecule has 0 bridgehead atoms. The monoisotopic (exact) mass is 410 g/mol. The summed E-state index contributed by atoms with van der Waals surface area (Å²) in [6.07, 6.45) is 0. The molecule has 0 spiro atoms. The van der Waals surface area contributed by atoms with E-state index in [4.69, 9.17) is 0 Å². The maximum Gasteiger partial charge on any atom is 0.295 e. The molecule has 5 heteroatoms. The van der Waals surface area contributed by atoms with Gasteiger partial charge in [0.05, 0.1) is 5.69 Å². The first-order valence-corrected chi connectivity index (χ1v) is 10.3. The summed E-state index contributed by atoms with van der Waals surface area (Å²) in [5.41, 5.74) is 8.14. The van der Waals surface area contributed by atoms with E-state index >= 15 is 0 Å². The third-order valence-corrected chi connectivity index (χ3v) is 5.50. The predicted molar refractivity (Wildman–Crippen MR) is 125 cm³/mol. The van der Waals surface area contributed by atoms with Gasteiger partial charge < -0.3 is 5.32 Å². The number of benzene rings is 3. The van der Waals surface area contributed by atoms with Crippen LogP contribution in [0, 0.1) is 34.6 Å². The third-order valence-electron chi connectivity index (χ3n) is 5.50. The Morgan fingerprint density at radius 1 is 0.774 bits per heavy atom. The molecule has 1 heterocycles. The van der Waals surface area contributed by atoms with Gasteiger partial charge in [-0.15, -0.1) is 5.10 Å². The minimum atomic E-state index is -0.329. The Bertz CT molecular complexity index is 1270. The Hall–Kier alpha value is -3.73. The topological polar surface area (TPSA) is 59.8 Å². The second-order valence-electron chi connectivity index (χ2n) is 8.08. The normalized spacial score (nSPS) is 10.9. The van der Waals surface area contributed by atoms with E-state index in [-0.39, 0.29) is 11.7 Å². The van der Waals surface area contributed by atoms with E-state index in [0.717, 1.165) is 39.2 Å². The van der Waals surface area contributed by atoms with E-state index < -0.39 is 0 Å². The quantitative estimate of drug-likeness (QED) is 0.467. The molecule has 1 amide bonds. The number of nitrogens with zero attached hydrogens (tertiary/aromatic N) is 3. The molecule has 4 rings (SSSR count). The first-order valence-electron chi connectivity index (χ1n) is 10.3. The highest BCUT2D eigenvalue weighted by Crippen LogP contribution is 2.24. The van der Waals surface area contributed by atoms with Crippen LogP contribution in [0.5, 0.6) is 0 Å². The van der Waals surface area contributed by atoms with Crippen LogP contribution in [0.25, 0.3) is 17.1 Å². The van der Waals surface area contributed by atoms with Gasteiger partial charge in [-0.2, -0.15) is 0 Å². The molecule has 0 fully saturated rings. The van der Waals surface area contributed by atoms with E-state index in [1.54, 1.807) is 4.68 Å². The van der Waals surface area contributed by atoms with Crippen LogP contribution in [0.3, 0.4) is 0 Å². The van der Waals surface area contributed by atoms with E-state index in [9.17, 15) is 4.79 Å². The summed E-state index contributed by atoms with van der Waals surface area (Å²) >= 11 is 0. The molecule has 1 N–H and O–H groups in total. The van der Waals surface area contributed by atoms with Gasteiger partial charge in [0.25, 0.3) is 5.91 Å². The average molecular weight is 411 g/mol. The molecule has 0 aliphatic rings. The Kier molecular flexibility index (Phi) is 5.42. The summed E-state index contributed by atoms with van der Waals surface area (Å²) in [6, 6.07) is 20.2.